The summed E-state index contributed by atoms with van der Waals surface area (Å²) in [6, 6.07) is -0.934. The van der Waals surface area contributed by atoms with Gasteiger partial charge in [0, 0.05) is 6.42 Å². The Bertz CT molecular complexity index is 1870. The fourth-order valence-corrected chi connectivity index (χ4v) is 12.9. The maximum absolute atomic E-state index is 13.4. The molecule has 2 aliphatic rings. The minimum Gasteiger partial charge on any atom is -0.394 e. The quantitative estimate of drug-likeness (QED) is 0.0204. The van der Waals surface area contributed by atoms with Gasteiger partial charge in [-0.25, -0.2) is 0 Å². The predicted octanol–water partition coefficient (Wildman–Crippen LogP) is 17.7. The topological polar surface area (TPSA) is 228 Å². The van der Waals surface area contributed by atoms with E-state index in [1.54, 1.807) is 6.08 Å². The Labute approximate surface area is 580 Å². The molecule has 2 heterocycles. The van der Waals surface area contributed by atoms with Crippen molar-refractivity contribution in [1.82, 2.24) is 5.32 Å². The standard InChI is InChI=1S/C81H147NO13/c1-3-5-7-9-11-13-15-17-19-21-23-25-27-29-30-31-32-33-34-35-36-37-38-39-40-41-43-45-47-49-51-53-55-57-59-61-63-65-73(86)82-69(68-92-80-78(91)76(89)79(72(67-84)94-80)95-81-77(90)75(88)74(87)71(66-83)93-81)70(85)64-62-60-58-56-54-52-50-48-46-44-42-28-26-24-22-20-18-16-14-12-10-8-6-4-2/h5,7,11,13,17,19,23,25,54,56,62,64,69-72,74-81,83-85,87-91H,3-4,6,8-10,12,14-16,18,20-22,24,26-53,55,57-61,63,65-68H2,1-2H3,(H,82,86)/b7-5-,13-11-,19-17-,25-23-,56-54+,64-62+. The lowest BCUT2D eigenvalue weighted by molar-refractivity contribution is -0.359. The number of ether oxygens (including phenoxy) is 4. The Morgan fingerprint density at radius 2 is 0.737 bits per heavy atom. The van der Waals surface area contributed by atoms with E-state index in [2.05, 4.69) is 79.9 Å². The summed E-state index contributed by atoms with van der Waals surface area (Å²) >= 11 is 0. The Hall–Kier alpha value is -2.57. The zero-order valence-corrected chi connectivity index (χ0v) is 60.7. The molecule has 2 fully saturated rings. The summed E-state index contributed by atoms with van der Waals surface area (Å²) in [7, 11) is 0. The van der Waals surface area contributed by atoms with Crippen LogP contribution in [0.3, 0.4) is 0 Å². The molecule has 2 rings (SSSR count). The van der Waals surface area contributed by atoms with Gasteiger partial charge in [-0.2, -0.15) is 0 Å². The van der Waals surface area contributed by atoms with E-state index < -0.39 is 86.8 Å². The fraction of sp³-hybridized carbons (Fsp3) is 0.840. The molecular weight excluding hydrogens is 1190 g/mol. The molecular formula is C81H147NO13. The van der Waals surface area contributed by atoms with E-state index in [1.165, 1.54) is 250 Å². The second-order valence-corrected chi connectivity index (χ2v) is 27.8. The molecule has 2 saturated heterocycles. The van der Waals surface area contributed by atoms with Gasteiger partial charge in [0.15, 0.2) is 12.6 Å². The van der Waals surface area contributed by atoms with Crippen molar-refractivity contribution in [3.05, 3.63) is 72.9 Å². The minimum atomic E-state index is -1.79. The largest absolute Gasteiger partial charge is 0.394 e. The van der Waals surface area contributed by atoms with Crippen LogP contribution in [0.5, 0.6) is 0 Å². The lowest BCUT2D eigenvalue weighted by atomic mass is 9.97. The molecule has 0 aromatic rings. The first-order valence-corrected chi connectivity index (χ1v) is 39.7. The first kappa shape index (κ1) is 88.5. The summed E-state index contributed by atoms with van der Waals surface area (Å²) in [5.41, 5.74) is 0. The van der Waals surface area contributed by atoms with Crippen LogP contribution in [0, 0.1) is 0 Å². The Morgan fingerprint density at radius 1 is 0.389 bits per heavy atom. The molecule has 14 nitrogen and oxygen atoms in total. The van der Waals surface area contributed by atoms with Crippen molar-refractivity contribution in [2.24, 2.45) is 0 Å². The SMILES string of the molecule is CC/C=C\C/C=C\C/C=C\C/C=C\CCCCCCCCCCCCCCCCCCCCCCCCCCC(=O)NC(COC1OC(CO)C(OC2OC(CO)C(O)C(O)C2O)C(O)C1O)C(O)/C=C/CC/C=C/CCCCCCCCCCCCCCCCCCCC. The van der Waals surface area contributed by atoms with E-state index in [9.17, 15) is 45.6 Å². The van der Waals surface area contributed by atoms with Gasteiger partial charge in [-0.05, 0) is 70.6 Å². The average Bonchev–Trinajstić information content (AvgIpc) is 0.927. The second-order valence-electron chi connectivity index (χ2n) is 27.8. The van der Waals surface area contributed by atoms with Crippen LogP contribution in [0.4, 0.5) is 0 Å². The molecule has 12 unspecified atom stereocenters. The number of hydrogen-bond donors (Lipinski definition) is 9. The molecule has 1 amide bonds. The fourth-order valence-electron chi connectivity index (χ4n) is 12.9. The highest BCUT2D eigenvalue weighted by Crippen LogP contribution is 2.30. The number of amides is 1. The first-order chi connectivity index (χ1) is 46.6. The van der Waals surface area contributed by atoms with Crippen molar-refractivity contribution in [3.63, 3.8) is 0 Å². The molecule has 0 aromatic carbocycles. The van der Waals surface area contributed by atoms with Gasteiger partial charge in [0.25, 0.3) is 0 Å². The van der Waals surface area contributed by atoms with E-state index in [-0.39, 0.29) is 18.9 Å². The molecule has 12 atom stereocenters. The smallest absolute Gasteiger partial charge is 0.220 e. The van der Waals surface area contributed by atoms with Crippen molar-refractivity contribution in [2.45, 2.75) is 415 Å². The highest BCUT2D eigenvalue weighted by atomic mass is 16.7. The maximum atomic E-state index is 13.4. The highest BCUT2D eigenvalue weighted by Gasteiger charge is 2.51. The molecule has 0 spiro atoms. The number of allylic oxidation sites excluding steroid dienone is 11. The van der Waals surface area contributed by atoms with Gasteiger partial charge >= 0.3 is 0 Å². The lowest BCUT2D eigenvalue weighted by Crippen LogP contribution is -2.65. The van der Waals surface area contributed by atoms with Crippen LogP contribution in [-0.4, -0.2) is 140 Å². The third kappa shape index (κ3) is 48.0. The first-order valence-electron chi connectivity index (χ1n) is 39.7. The number of hydrogen-bond acceptors (Lipinski definition) is 13. The number of rotatable bonds is 66. The summed E-state index contributed by atoms with van der Waals surface area (Å²) in [5.74, 6) is -0.243. The van der Waals surface area contributed by atoms with E-state index in [1.807, 2.05) is 6.08 Å². The Morgan fingerprint density at radius 3 is 1.16 bits per heavy atom. The van der Waals surface area contributed by atoms with Crippen molar-refractivity contribution in [1.29, 1.82) is 0 Å². The van der Waals surface area contributed by atoms with Gasteiger partial charge in [-0.1, -0.05) is 337 Å². The van der Waals surface area contributed by atoms with Crippen LogP contribution in [0.25, 0.3) is 0 Å². The van der Waals surface area contributed by atoms with Crippen molar-refractivity contribution in [3.8, 4) is 0 Å². The lowest BCUT2D eigenvalue weighted by Gasteiger charge is -2.46. The van der Waals surface area contributed by atoms with E-state index >= 15 is 0 Å². The summed E-state index contributed by atoms with van der Waals surface area (Å²) in [5, 5.41) is 87.6. The Balaban J connectivity index is 1.60. The zero-order valence-electron chi connectivity index (χ0n) is 60.7. The predicted molar refractivity (Wildman–Crippen MR) is 392 cm³/mol. The number of carbonyl (C=O) groups excluding carboxylic acids is 1. The van der Waals surface area contributed by atoms with Crippen LogP contribution in [0.2, 0.25) is 0 Å². The molecule has 95 heavy (non-hydrogen) atoms. The molecule has 0 aromatic heterocycles. The summed E-state index contributed by atoms with van der Waals surface area (Å²) < 4.78 is 22.9. The number of carbonyl (C=O) groups is 1. The van der Waals surface area contributed by atoms with Gasteiger partial charge < -0.3 is 65.1 Å². The summed E-state index contributed by atoms with van der Waals surface area (Å²) in [6.07, 6.45) is 72.8. The molecule has 0 aliphatic carbocycles. The molecule has 2 aliphatic heterocycles. The second kappa shape index (κ2) is 64.8. The molecule has 0 radical (unpaired) electrons. The molecule has 554 valence electrons. The number of unbranched alkanes of at least 4 members (excludes halogenated alkanes) is 43. The van der Waals surface area contributed by atoms with Crippen molar-refractivity contribution >= 4 is 5.91 Å². The van der Waals surface area contributed by atoms with Gasteiger partial charge in [0.1, 0.15) is 48.8 Å². The molecule has 0 bridgehead atoms. The third-order valence-corrected chi connectivity index (χ3v) is 19.1. The van der Waals surface area contributed by atoms with Crippen LogP contribution in [0.1, 0.15) is 341 Å². The van der Waals surface area contributed by atoms with Crippen molar-refractivity contribution in [2.75, 3.05) is 19.8 Å². The van der Waals surface area contributed by atoms with E-state index in [4.69, 9.17) is 18.9 Å². The van der Waals surface area contributed by atoms with Gasteiger partial charge in [0.05, 0.1) is 32.0 Å². The van der Waals surface area contributed by atoms with E-state index in [0.717, 1.165) is 57.8 Å². The molecule has 14 heteroatoms. The molecule has 9 N–H and O–H groups in total. The van der Waals surface area contributed by atoms with Gasteiger partial charge in [-0.3, -0.25) is 4.79 Å². The number of aliphatic hydroxyl groups is 8. The molecule has 0 saturated carbocycles. The zero-order chi connectivity index (χ0) is 68.7. The maximum Gasteiger partial charge on any atom is 0.220 e. The normalized spacial score (nSPS) is 22.7. The minimum absolute atomic E-state index is 0.243. The van der Waals surface area contributed by atoms with Crippen molar-refractivity contribution < 1.29 is 64.6 Å². The number of aliphatic hydroxyl groups excluding tert-OH is 8. The van der Waals surface area contributed by atoms with Crippen LogP contribution >= 0.6 is 0 Å². The van der Waals surface area contributed by atoms with Gasteiger partial charge in [-0.15, -0.1) is 0 Å². The highest BCUT2D eigenvalue weighted by molar-refractivity contribution is 5.76. The summed E-state index contributed by atoms with van der Waals surface area (Å²) in [6.45, 7) is 2.72. The Kier molecular flexibility index (Phi) is 60.4. The van der Waals surface area contributed by atoms with Crippen LogP contribution in [-0.2, 0) is 23.7 Å². The van der Waals surface area contributed by atoms with Crippen LogP contribution in [0.15, 0.2) is 72.9 Å². The van der Waals surface area contributed by atoms with E-state index in [0.29, 0.717) is 12.8 Å². The van der Waals surface area contributed by atoms with Gasteiger partial charge in [0.2, 0.25) is 5.91 Å². The third-order valence-electron chi connectivity index (χ3n) is 19.1. The monoisotopic (exact) mass is 1340 g/mol. The average molecular weight is 1340 g/mol. The number of nitrogens with one attached hydrogen (secondary N) is 1. The summed E-state index contributed by atoms with van der Waals surface area (Å²) in [4.78, 5) is 13.4. The van der Waals surface area contributed by atoms with Crippen LogP contribution < -0.4 is 5.32 Å².